The van der Waals surface area contributed by atoms with Gasteiger partial charge in [0.2, 0.25) is 0 Å². The second kappa shape index (κ2) is 8.63. The highest BCUT2D eigenvalue weighted by Crippen LogP contribution is 2.38. The van der Waals surface area contributed by atoms with Crippen molar-refractivity contribution in [2.75, 3.05) is 13.1 Å². The highest BCUT2D eigenvalue weighted by molar-refractivity contribution is 5.86. The standard InChI is InChI=1S/C19H24F3N3O2.C2H6/c1-18(2,3)27-17(26)25-10-8-12(9-11-25)15-13-6-5-7-14(19(20,21)22)16(13)24(4)23-15;1-2/h5-7,12H,8-11H2,1-4H3;1-2H3. The van der Waals surface area contributed by atoms with E-state index in [-0.39, 0.29) is 17.5 Å². The minimum atomic E-state index is -4.43. The molecule has 8 heteroatoms. The van der Waals surface area contributed by atoms with Gasteiger partial charge in [0, 0.05) is 31.4 Å². The van der Waals surface area contributed by atoms with Gasteiger partial charge in [0.05, 0.1) is 16.8 Å². The molecular weight excluding hydrogens is 383 g/mol. The van der Waals surface area contributed by atoms with Crippen LogP contribution < -0.4 is 0 Å². The minimum Gasteiger partial charge on any atom is -0.444 e. The van der Waals surface area contributed by atoms with Gasteiger partial charge in [-0.15, -0.1) is 0 Å². The van der Waals surface area contributed by atoms with Crippen molar-refractivity contribution in [3.63, 3.8) is 0 Å². The number of carbonyl (C=O) groups excluding carboxylic acids is 1. The van der Waals surface area contributed by atoms with E-state index in [1.165, 1.54) is 17.8 Å². The number of hydrogen-bond acceptors (Lipinski definition) is 3. The lowest BCUT2D eigenvalue weighted by Crippen LogP contribution is -2.41. The Morgan fingerprint density at radius 3 is 2.24 bits per heavy atom. The van der Waals surface area contributed by atoms with Crippen molar-refractivity contribution >= 4 is 17.0 Å². The van der Waals surface area contributed by atoms with Crippen molar-refractivity contribution in [1.82, 2.24) is 14.7 Å². The summed E-state index contributed by atoms with van der Waals surface area (Å²) in [5.41, 5.74) is -0.455. The molecule has 0 saturated carbocycles. The number of piperidine rings is 1. The highest BCUT2D eigenvalue weighted by Gasteiger charge is 2.36. The first-order valence-corrected chi connectivity index (χ1v) is 9.98. The average molecular weight is 413 g/mol. The maximum absolute atomic E-state index is 13.3. The third-order valence-electron chi connectivity index (χ3n) is 4.73. The van der Waals surface area contributed by atoms with Crippen LogP contribution in [0.1, 0.15) is 64.6 Å². The van der Waals surface area contributed by atoms with Gasteiger partial charge in [-0.1, -0.05) is 26.0 Å². The largest absolute Gasteiger partial charge is 0.444 e. The first-order chi connectivity index (χ1) is 13.5. The molecule has 3 rings (SSSR count). The van der Waals surface area contributed by atoms with Crippen LogP contribution in [-0.4, -0.2) is 39.5 Å². The zero-order valence-corrected chi connectivity index (χ0v) is 17.9. The number of rotatable bonds is 1. The normalized spacial score (nSPS) is 15.8. The molecule has 29 heavy (non-hydrogen) atoms. The second-order valence-corrected chi connectivity index (χ2v) is 7.95. The Labute approximate surface area is 169 Å². The number of halogens is 3. The van der Waals surface area contributed by atoms with E-state index in [1.807, 2.05) is 34.6 Å². The van der Waals surface area contributed by atoms with Crippen LogP contribution in [0.4, 0.5) is 18.0 Å². The summed E-state index contributed by atoms with van der Waals surface area (Å²) in [6.45, 7) is 10.4. The Morgan fingerprint density at radius 1 is 1.14 bits per heavy atom. The quantitative estimate of drug-likeness (QED) is 0.600. The van der Waals surface area contributed by atoms with Crippen LogP contribution in [0.2, 0.25) is 0 Å². The Balaban J connectivity index is 0.00000145. The minimum absolute atomic E-state index is 0.0101. The van der Waals surface area contributed by atoms with Crippen LogP contribution in [0.25, 0.3) is 10.9 Å². The number of fused-ring (bicyclic) bond motifs is 1. The molecule has 2 aromatic rings. The topological polar surface area (TPSA) is 47.4 Å². The molecule has 1 fully saturated rings. The van der Waals surface area contributed by atoms with Gasteiger partial charge in [0.25, 0.3) is 0 Å². The lowest BCUT2D eigenvalue weighted by molar-refractivity contribution is -0.136. The number of likely N-dealkylation sites (tertiary alicyclic amines) is 1. The molecular formula is C21H30F3N3O2. The zero-order valence-electron chi connectivity index (χ0n) is 17.9. The number of amides is 1. The van der Waals surface area contributed by atoms with Crippen molar-refractivity contribution in [3.05, 3.63) is 29.5 Å². The van der Waals surface area contributed by atoms with E-state index >= 15 is 0 Å². The van der Waals surface area contributed by atoms with E-state index in [0.29, 0.717) is 37.0 Å². The van der Waals surface area contributed by atoms with E-state index in [4.69, 9.17) is 4.74 Å². The Morgan fingerprint density at radius 2 is 1.72 bits per heavy atom. The van der Waals surface area contributed by atoms with Crippen LogP contribution >= 0.6 is 0 Å². The summed E-state index contributed by atoms with van der Waals surface area (Å²) in [6, 6.07) is 4.19. The number of aromatic nitrogens is 2. The van der Waals surface area contributed by atoms with Crippen LogP contribution in [-0.2, 0) is 18.0 Å². The fourth-order valence-electron chi connectivity index (χ4n) is 3.56. The Kier molecular flexibility index (Phi) is 6.86. The van der Waals surface area contributed by atoms with E-state index < -0.39 is 17.3 Å². The fraction of sp³-hybridized carbons (Fsp3) is 0.619. The summed E-state index contributed by atoms with van der Waals surface area (Å²) < 4.78 is 46.7. The fourth-order valence-corrected chi connectivity index (χ4v) is 3.56. The predicted molar refractivity (Wildman–Crippen MR) is 107 cm³/mol. The van der Waals surface area contributed by atoms with Gasteiger partial charge in [0.1, 0.15) is 5.60 Å². The predicted octanol–water partition coefficient (Wildman–Crippen LogP) is 5.73. The van der Waals surface area contributed by atoms with Crippen molar-refractivity contribution in [1.29, 1.82) is 0 Å². The molecule has 1 aliphatic rings. The van der Waals surface area contributed by atoms with Crippen molar-refractivity contribution in [3.8, 4) is 0 Å². The molecule has 1 amide bonds. The lowest BCUT2D eigenvalue weighted by atomic mass is 9.91. The number of aryl methyl sites for hydroxylation is 1. The molecule has 0 unspecified atom stereocenters. The summed E-state index contributed by atoms with van der Waals surface area (Å²) in [5.74, 6) is 0.0101. The van der Waals surface area contributed by atoms with Crippen LogP contribution in [0.3, 0.4) is 0 Å². The van der Waals surface area contributed by atoms with Crippen LogP contribution in [0, 0.1) is 0 Å². The molecule has 0 spiro atoms. The van der Waals surface area contributed by atoms with Crippen LogP contribution in [0.5, 0.6) is 0 Å². The molecule has 1 saturated heterocycles. The lowest BCUT2D eigenvalue weighted by Gasteiger charge is -2.33. The number of nitrogens with zero attached hydrogens (tertiary/aromatic N) is 3. The van der Waals surface area contributed by atoms with Crippen molar-refractivity contribution < 1.29 is 22.7 Å². The monoisotopic (exact) mass is 413 g/mol. The molecule has 1 aliphatic heterocycles. The first kappa shape index (κ1) is 23.0. The molecule has 1 aromatic carbocycles. The molecule has 162 valence electrons. The van der Waals surface area contributed by atoms with Gasteiger partial charge in [0.15, 0.2) is 0 Å². The van der Waals surface area contributed by atoms with Crippen LogP contribution in [0.15, 0.2) is 18.2 Å². The molecule has 0 atom stereocenters. The van der Waals surface area contributed by atoms with Gasteiger partial charge < -0.3 is 9.64 Å². The molecule has 0 bridgehead atoms. The molecule has 2 heterocycles. The molecule has 5 nitrogen and oxygen atoms in total. The molecule has 1 aromatic heterocycles. The van der Waals surface area contributed by atoms with Crippen molar-refractivity contribution in [2.45, 2.75) is 65.2 Å². The summed E-state index contributed by atoms with van der Waals surface area (Å²) in [6.07, 6.45) is -3.50. The highest BCUT2D eigenvalue weighted by atomic mass is 19.4. The summed E-state index contributed by atoms with van der Waals surface area (Å²) in [4.78, 5) is 13.8. The summed E-state index contributed by atoms with van der Waals surface area (Å²) in [7, 11) is 1.54. The van der Waals surface area contributed by atoms with E-state index in [0.717, 1.165) is 6.07 Å². The number of para-hydroxylation sites is 1. The van der Waals surface area contributed by atoms with Gasteiger partial charge in [-0.2, -0.15) is 18.3 Å². The molecule has 0 aliphatic carbocycles. The maximum atomic E-state index is 13.3. The molecule has 0 N–H and O–H groups in total. The average Bonchev–Trinajstić information content (AvgIpc) is 2.98. The van der Waals surface area contributed by atoms with E-state index in [1.54, 1.807) is 11.0 Å². The summed E-state index contributed by atoms with van der Waals surface area (Å²) >= 11 is 0. The van der Waals surface area contributed by atoms with E-state index in [9.17, 15) is 18.0 Å². The third kappa shape index (κ3) is 5.22. The zero-order chi connectivity index (χ0) is 22.0. The van der Waals surface area contributed by atoms with Gasteiger partial charge in [-0.3, -0.25) is 4.68 Å². The van der Waals surface area contributed by atoms with Gasteiger partial charge in [-0.25, -0.2) is 4.79 Å². The first-order valence-electron chi connectivity index (χ1n) is 9.98. The summed E-state index contributed by atoms with van der Waals surface area (Å²) in [5, 5.41) is 4.93. The number of ether oxygens (including phenoxy) is 1. The number of alkyl halides is 3. The third-order valence-corrected chi connectivity index (χ3v) is 4.73. The van der Waals surface area contributed by atoms with Gasteiger partial charge in [-0.05, 0) is 39.7 Å². The number of benzene rings is 1. The molecule has 0 radical (unpaired) electrons. The Bertz CT molecular complexity index is 845. The van der Waals surface area contributed by atoms with E-state index in [2.05, 4.69) is 5.10 Å². The van der Waals surface area contributed by atoms with Crippen molar-refractivity contribution in [2.24, 2.45) is 7.05 Å². The van der Waals surface area contributed by atoms with Gasteiger partial charge >= 0.3 is 12.3 Å². The number of hydrogen-bond donors (Lipinski definition) is 0. The number of carbonyl (C=O) groups is 1. The Hall–Kier alpha value is -2.25. The maximum Gasteiger partial charge on any atom is 0.418 e. The smallest absolute Gasteiger partial charge is 0.418 e. The second-order valence-electron chi connectivity index (χ2n) is 7.95. The SMILES string of the molecule is CC.Cn1nc(C2CCN(C(=O)OC(C)(C)C)CC2)c2cccc(C(F)(F)F)c21.